The van der Waals surface area contributed by atoms with E-state index in [1.807, 2.05) is 41.5 Å². The second-order valence-electron chi connectivity index (χ2n) is 22.7. The zero-order chi connectivity index (χ0) is 57.6. The van der Waals surface area contributed by atoms with Crippen molar-refractivity contribution in [2.45, 2.75) is 201 Å². The number of hydrogen-bond acceptors (Lipinski definition) is 17. The van der Waals surface area contributed by atoms with Crippen LogP contribution in [0.3, 0.4) is 0 Å². The van der Waals surface area contributed by atoms with Crippen LogP contribution in [0.2, 0.25) is 0 Å². The molecule has 0 radical (unpaired) electrons. The zero-order valence-corrected chi connectivity index (χ0v) is 46.6. The van der Waals surface area contributed by atoms with Crippen molar-refractivity contribution in [3.63, 3.8) is 0 Å². The van der Waals surface area contributed by atoms with E-state index in [-0.39, 0.29) is 86.6 Å². The topological polar surface area (TPSA) is 302 Å². The molecule has 2 heterocycles. The average Bonchev–Trinajstić information content (AvgIpc) is 3.31. The average molecular weight is 1090 g/mol. The molecule has 0 bridgehead atoms. The number of carbonyl (C=O) groups is 7. The predicted molar refractivity (Wildman–Crippen MR) is 277 cm³/mol. The summed E-state index contributed by atoms with van der Waals surface area (Å²) in [6, 6.07) is 9.12. The van der Waals surface area contributed by atoms with Crippen LogP contribution < -0.4 is 20.1 Å². The first kappa shape index (κ1) is 63.6. The van der Waals surface area contributed by atoms with Crippen molar-refractivity contribution >= 4 is 41.6 Å². The van der Waals surface area contributed by atoms with Crippen LogP contribution in [-0.2, 0) is 65.6 Å². The molecule has 2 aromatic carbocycles. The maximum atomic E-state index is 14.0. The molecule has 22 nitrogen and oxygen atoms in total. The van der Waals surface area contributed by atoms with Gasteiger partial charge in [-0.05, 0) is 110 Å². The van der Waals surface area contributed by atoms with Crippen LogP contribution >= 0.6 is 0 Å². The predicted octanol–water partition coefficient (Wildman–Crippen LogP) is 5.43. The molecule has 2 fully saturated rings. The van der Waals surface area contributed by atoms with Gasteiger partial charge in [0.25, 0.3) is 11.8 Å². The molecule has 3 amide bonds. The van der Waals surface area contributed by atoms with Crippen LogP contribution in [0.25, 0.3) is 0 Å². The second-order valence-corrected chi connectivity index (χ2v) is 22.7. The van der Waals surface area contributed by atoms with E-state index in [1.54, 1.807) is 44.7 Å². The maximum Gasteiger partial charge on any atom is 0.333 e. The molecule has 2 aromatic rings. The van der Waals surface area contributed by atoms with Gasteiger partial charge in [-0.2, -0.15) is 0 Å². The van der Waals surface area contributed by atoms with Gasteiger partial charge in [0, 0.05) is 59.0 Å². The summed E-state index contributed by atoms with van der Waals surface area (Å²) in [6.45, 7) is 21.6. The number of nitrogens with zero attached hydrogens (tertiary/aromatic N) is 1. The lowest BCUT2D eigenvalue weighted by Gasteiger charge is -2.36. The van der Waals surface area contributed by atoms with E-state index >= 15 is 0 Å². The van der Waals surface area contributed by atoms with Gasteiger partial charge in [-0.15, -0.1) is 0 Å². The molecule has 2 saturated heterocycles. The Bertz CT molecular complexity index is 2230. The molecule has 6 atom stereocenters. The Hall–Kier alpha value is -5.91. The summed E-state index contributed by atoms with van der Waals surface area (Å²) < 4.78 is 46.2. The van der Waals surface area contributed by atoms with E-state index in [9.17, 15) is 54.0 Å². The number of esters is 2. The molecule has 22 heteroatoms. The van der Waals surface area contributed by atoms with Crippen molar-refractivity contribution in [2.24, 2.45) is 5.92 Å². The van der Waals surface area contributed by atoms with Crippen LogP contribution in [0.5, 0.6) is 11.5 Å². The summed E-state index contributed by atoms with van der Waals surface area (Å²) in [5.74, 6) is -4.57. The highest BCUT2D eigenvalue weighted by Crippen LogP contribution is 2.31. The molecule has 0 spiro atoms. The van der Waals surface area contributed by atoms with Crippen LogP contribution in [0, 0.1) is 5.92 Å². The Morgan fingerprint density at radius 1 is 0.623 bits per heavy atom. The number of carbonyl (C=O) groups excluding carboxylic acids is 5. The Kier molecular flexibility index (Phi) is 22.8. The van der Waals surface area contributed by atoms with Crippen molar-refractivity contribution in [2.75, 3.05) is 26.3 Å². The number of carboxylic acids is 2. The number of aliphatic hydroxyl groups excluding tert-OH is 2. The quantitative estimate of drug-likeness (QED) is 0.0579. The van der Waals surface area contributed by atoms with Gasteiger partial charge in [-0.1, -0.05) is 26.0 Å². The Morgan fingerprint density at radius 2 is 1.00 bits per heavy atom. The summed E-state index contributed by atoms with van der Waals surface area (Å²) in [5, 5.41) is 45.7. The lowest BCUT2D eigenvalue weighted by Crippen LogP contribution is -2.50. The van der Waals surface area contributed by atoms with Gasteiger partial charge < -0.3 is 73.9 Å². The third-order valence-electron chi connectivity index (χ3n) is 12.5. The fourth-order valence-corrected chi connectivity index (χ4v) is 8.10. The van der Waals surface area contributed by atoms with Crippen molar-refractivity contribution in [3.05, 3.63) is 58.7 Å². The van der Waals surface area contributed by atoms with Crippen LogP contribution in [0.1, 0.15) is 160 Å². The highest BCUT2D eigenvalue weighted by atomic mass is 16.7. The van der Waals surface area contributed by atoms with Gasteiger partial charge in [-0.25, -0.2) is 9.59 Å². The third-order valence-corrected chi connectivity index (χ3v) is 12.5. The van der Waals surface area contributed by atoms with E-state index < -0.39 is 95.0 Å². The Balaban J connectivity index is 1.39. The number of hydrogen-bond donors (Lipinski definition) is 6. The summed E-state index contributed by atoms with van der Waals surface area (Å²) in [4.78, 5) is 90.1. The molecule has 2 aliphatic rings. The van der Waals surface area contributed by atoms with E-state index in [2.05, 4.69) is 10.6 Å². The van der Waals surface area contributed by atoms with Crippen molar-refractivity contribution in [1.29, 1.82) is 0 Å². The lowest BCUT2D eigenvalue weighted by molar-refractivity contribution is -0.195. The Morgan fingerprint density at radius 3 is 1.34 bits per heavy atom. The first-order chi connectivity index (χ1) is 35.7. The number of aliphatic hydroxyl groups is 2. The largest absolute Gasteiger partial charge is 0.479 e. The second kappa shape index (κ2) is 27.6. The summed E-state index contributed by atoms with van der Waals surface area (Å²) in [6.07, 6.45) is -6.15. The maximum absolute atomic E-state index is 14.0. The molecule has 2 aliphatic heterocycles. The Labute approximate surface area is 450 Å². The number of ether oxygens (including phenoxy) is 8. The van der Waals surface area contributed by atoms with Gasteiger partial charge in [0.1, 0.15) is 24.7 Å². The first-order valence-corrected chi connectivity index (χ1v) is 25.9. The van der Waals surface area contributed by atoms with Gasteiger partial charge in [-0.3, -0.25) is 24.0 Å². The molecule has 0 aromatic heterocycles. The highest BCUT2D eigenvalue weighted by Gasteiger charge is 2.38. The van der Waals surface area contributed by atoms with E-state index in [0.29, 0.717) is 43.5 Å². The van der Waals surface area contributed by atoms with Gasteiger partial charge >= 0.3 is 23.9 Å². The number of amides is 3. The fourth-order valence-electron chi connectivity index (χ4n) is 8.10. The minimum atomic E-state index is -1.31. The number of rotatable bonds is 28. The third kappa shape index (κ3) is 21.8. The van der Waals surface area contributed by atoms with Crippen molar-refractivity contribution < 1.29 is 91.9 Å². The monoisotopic (exact) mass is 1090 g/mol. The van der Waals surface area contributed by atoms with Crippen LogP contribution in [0.4, 0.5) is 0 Å². The zero-order valence-electron chi connectivity index (χ0n) is 46.6. The highest BCUT2D eigenvalue weighted by molar-refractivity contribution is 5.98. The summed E-state index contributed by atoms with van der Waals surface area (Å²) in [7, 11) is 0. The summed E-state index contributed by atoms with van der Waals surface area (Å²) in [5.41, 5.74) is -2.48. The summed E-state index contributed by atoms with van der Waals surface area (Å²) >= 11 is 0. The molecular formula is C55H81N3O19. The molecule has 0 unspecified atom stereocenters. The van der Waals surface area contributed by atoms with Gasteiger partial charge in [0.15, 0.2) is 12.2 Å². The van der Waals surface area contributed by atoms with E-state index in [1.165, 1.54) is 38.1 Å². The smallest absolute Gasteiger partial charge is 0.333 e. The molecule has 6 N–H and O–H groups in total. The van der Waals surface area contributed by atoms with Crippen molar-refractivity contribution in [3.8, 4) is 11.5 Å². The van der Waals surface area contributed by atoms with E-state index in [0.717, 1.165) is 0 Å². The molecule has 77 heavy (non-hydrogen) atoms. The van der Waals surface area contributed by atoms with Gasteiger partial charge in [0.2, 0.25) is 18.5 Å². The normalized spacial score (nSPS) is 20.1. The van der Waals surface area contributed by atoms with Crippen molar-refractivity contribution in [1.82, 2.24) is 15.5 Å². The molecule has 0 aliphatic carbocycles. The number of carboxylic acid groups (broad SMARTS) is 2. The van der Waals surface area contributed by atoms with Gasteiger partial charge in [0.05, 0.1) is 58.8 Å². The number of aliphatic carboxylic acids is 2. The molecular weight excluding hydrogens is 1010 g/mol. The minimum Gasteiger partial charge on any atom is -0.479 e. The SMILES string of the molecule is CC(=O)OCc1ccc(O[C@H]2C[C@@H](O)C[C@@H](C(=O)O)O2)c(C(=O)NC(C)(C)COC(C)(C)CCN(CCC(C)(C)OCC(C)(C)NC(=O)c2cc(COC(C)=O)ccc2O[C@H]2C[C@@H](O)C[C@@H](C(=O)O)O2)C(=O)CC(C)C)c1. The van der Waals surface area contributed by atoms with Crippen LogP contribution in [0.15, 0.2) is 36.4 Å². The number of nitrogens with one attached hydrogen (secondary N) is 2. The standard InChI is InChI=1S/C55H81N3O19/c1-32(2)21-45(63)58(19-17-54(9,10)72-30-52(5,6)56-48(64)39-22-35(28-70-33(3)59)13-15-41(39)74-46-26-37(61)24-43(76-46)50(66)67)20-18-55(11,12)73-31-53(7,8)57-49(65)40-23-36(29-71-34(4)60)14-16-42(40)75-47-27-38(62)25-44(77-47)51(68)69/h13-16,22-23,32,37-38,43-44,46-47,61-62H,17-21,24-31H2,1-12H3,(H,56,64)(H,57,65)(H,66,67)(H,68,69)/t37-,38-,43-,44-,46+,47+/m0/s1. The van der Waals surface area contributed by atoms with E-state index in [4.69, 9.17) is 37.9 Å². The first-order valence-electron chi connectivity index (χ1n) is 25.9. The lowest BCUT2D eigenvalue weighted by atomic mass is 10.00. The minimum absolute atomic E-state index is 0.0356. The molecule has 4 rings (SSSR count). The number of benzene rings is 2. The molecule has 0 saturated carbocycles. The fraction of sp³-hybridized carbons (Fsp3) is 0.655. The van der Waals surface area contributed by atoms with Crippen LogP contribution in [-0.4, -0.2) is 153 Å². The molecule has 430 valence electrons.